The lowest BCUT2D eigenvalue weighted by molar-refractivity contribution is 0.621. The molecule has 96 valence electrons. The van der Waals surface area contributed by atoms with Crippen molar-refractivity contribution in [2.45, 2.75) is 6.42 Å². The number of nitrogens with zero attached hydrogens (tertiary/aromatic N) is 3. The van der Waals surface area contributed by atoms with E-state index in [1.54, 1.807) is 12.4 Å². The van der Waals surface area contributed by atoms with Gasteiger partial charge in [-0.2, -0.15) is 0 Å². The summed E-state index contributed by atoms with van der Waals surface area (Å²) in [5.74, 6) is 0.518. The zero-order chi connectivity index (χ0) is 13.1. The van der Waals surface area contributed by atoms with Gasteiger partial charge in [-0.25, -0.2) is 4.39 Å². The molecule has 3 N–H and O–H groups in total. The maximum atomic E-state index is 13.4. The number of aryl methyl sites for hydroxylation is 1. The number of hydrogen-bond donors (Lipinski definition) is 2. The zero-order valence-electron chi connectivity index (χ0n) is 9.82. The fraction of sp³-hybridized carbons (Fsp3) is 0.273. The third-order valence-corrected chi connectivity index (χ3v) is 3.17. The van der Waals surface area contributed by atoms with Gasteiger partial charge in [0.2, 0.25) is 0 Å². The molecule has 18 heavy (non-hydrogen) atoms. The Morgan fingerprint density at radius 3 is 2.94 bits per heavy atom. The third kappa shape index (κ3) is 2.79. The van der Waals surface area contributed by atoms with Crippen LogP contribution in [0.2, 0.25) is 0 Å². The molecule has 0 aliphatic rings. The lowest BCUT2D eigenvalue weighted by atomic mass is 10.2. The molecule has 1 aromatic carbocycles. The highest BCUT2D eigenvalue weighted by molar-refractivity contribution is 9.10. The predicted molar refractivity (Wildman–Crippen MR) is 71.7 cm³/mol. The van der Waals surface area contributed by atoms with Crippen LogP contribution in [-0.2, 0) is 13.5 Å². The molecule has 0 amide bonds. The van der Waals surface area contributed by atoms with Crippen molar-refractivity contribution in [2.75, 3.05) is 17.6 Å². The van der Waals surface area contributed by atoms with Gasteiger partial charge in [0.15, 0.2) is 0 Å². The van der Waals surface area contributed by atoms with Crippen molar-refractivity contribution < 1.29 is 4.39 Å². The molecule has 0 spiro atoms. The number of nitrogens with one attached hydrogen (secondary N) is 1. The molecule has 0 radical (unpaired) electrons. The molecule has 5 nitrogen and oxygen atoms in total. The first kappa shape index (κ1) is 12.8. The highest BCUT2D eigenvalue weighted by Gasteiger charge is 2.06. The van der Waals surface area contributed by atoms with Crippen molar-refractivity contribution in [3.63, 3.8) is 0 Å². The van der Waals surface area contributed by atoms with Crippen LogP contribution in [0.3, 0.4) is 0 Å². The molecule has 2 aromatic rings. The van der Waals surface area contributed by atoms with Crippen LogP contribution < -0.4 is 11.1 Å². The van der Waals surface area contributed by atoms with Gasteiger partial charge in [-0.05, 0) is 22.0 Å². The van der Waals surface area contributed by atoms with Crippen LogP contribution in [0.1, 0.15) is 5.82 Å². The van der Waals surface area contributed by atoms with Gasteiger partial charge < -0.3 is 15.6 Å². The summed E-state index contributed by atoms with van der Waals surface area (Å²) < 4.78 is 15.6. The van der Waals surface area contributed by atoms with E-state index < -0.39 is 0 Å². The third-order valence-electron chi connectivity index (χ3n) is 2.56. The van der Waals surface area contributed by atoms with Crippen LogP contribution in [0.4, 0.5) is 15.8 Å². The molecule has 0 saturated heterocycles. The van der Waals surface area contributed by atoms with Crippen LogP contribution in [0.25, 0.3) is 0 Å². The van der Waals surface area contributed by atoms with Crippen molar-refractivity contribution in [1.29, 1.82) is 0 Å². The van der Waals surface area contributed by atoms with Gasteiger partial charge in [-0.1, -0.05) is 0 Å². The lowest BCUT2D eigenvalue weighted by Crippen LogP contribution is -2.10. The van der Waals surface area contributed by atoms with Crippen LogP contribution in [-0.4, -0.2) is 21.3 Å². The Morgan fingerprint density at radius 1 is 1.50 bits per heavy atom. The summed E-state index contributed by atoms with van der Waals surface area (Å²) in [6, 6.07) is 2.91. The maximum absolute atomic E-state index is 13.4. The molecule has 1 aromatic heterocycles. The van der Waals surface area contributed by atoms with Gasteiger partial charge in [0.05, 0.1) is 15.8 Å². The van der Waals surface area contributed by atoms with Gasteiger partial charge in [0.25, 0.3) is 0 Å². The van der Waals surface area contributed by atoms with Gasteiger partial charge in [-0.3, -0.25) is 0 Å². The molecule has 0 unspecified atom stereocenters. The van der Waals surface area contributed by atoms with E-state index in [4.69, 9.17) is 5.73 Å². The Kier molecular flexibility index (Phi) is 3.81. The van der Waals surface area contributed by atoms with Gasteiger partial charge >= 0.3 is 0 Å². The Balaban J connectivity index is 1.99. The Morgan fingerprint density at radius 2 is 2.28 bits per heavy atom. The van der Waals surface area contributed by atoms with E-state index in [-0.39, 0.29) is 5.82 Å². The molecule has 7 heteroatoms. The van der Waals surface area contributed by atoms with E-state index in [2.05, 4.69) is 31.4 Å². The number of nitrogen functional groups attached to an aromatic ring is 1. The molecule has 0 atom stereocenters. The molecule has 1 heterocycles. The molecule has 0 bridgehead atoms. The highest BCUT2D eigenvalue weighted by atomic mass is 79.9. The van der Waals surface area contributed by atoms with Crippen LogP contribution in [0, 0.1) is 5.82 Å². The van der Waals surface area contributed by atoms with Gasteiger partial charge in [-0.15, -0.1) is 10.2 Å². The molecule has 0 aliphatic carbocycles. The quantitative estimate of drug-likeness (QED) is 0.847. The summed E-state index contributed by atoms with van der Waals surface area (Å²) >= 11 is 3.09. The first-order valence-electron chi connectivity index (χ1n) is 5.39. The summed E-state index contributed by atoms with van der Waals surface area (Å²) in [5.41, 5.74) is 6.87. The molecule has 2 rings (SSSR count). The maximum Gasteiger partial charge on any atom is 0.139 e. The van der Waals surface area contributed by atoms with E-state index >= 15 is 0 Å². The minimum atomic E-state index is -0.342. The summed E-state index contributed by atoms with van der Waals surface area (Å²) in [4.78, 5) is 0. The summed E-state index contributed by atoms with van der Waals surface area (Å²) in [5, 5.41) is 10.8. The SMILES string of the molecule is Cn1cnnc1CCNc1cc(F)c(Br)cc1N. The Hall–Kier alpha value is -1.63. The van der Waals surface area contributed by atoms with Crippen LogP contribution in [0.5, 0.6) is 0 Å². The number of rotatable bonds is 4. The second-order valence-electron chi connectivity index (χ2n) is 3.89. The highest BCUT2D eigenvalue weighted by Crippen LogP contribution is 2.26. The van der Waals surface area contributed by atoms with E-state index in [1.807, 2.05) is 11.6 Å². The fourth-order valence-electron chi connectivity index (χ4n) is 1.56. The second kappa shape index (κ2) is 5.34. The largest absolute Gasteiger partial charge is 0.397 e. The molecular weight excluding hydrogens is 301 g/mol. The summed E-state index contributed by atoms with van der Waals surface area (Å²) in [6.07, 6.45) is 2.33. The van der Waals surface area contributed by atoms with E-state index in [9.17, 15) is 4.39 Å². The van der Waals surface area contributed by atoms with Crippen LogP contribution >= 0.6 is 15.9 Å². The van der Waals surface area contributed by atoms with Crippen LogP contribution in [0.15, 0.2) is 22.9 Å². The standard InChI is InChI=1S/C11H13BrFN5/c1-18-6-16-17-11(18)2-3-15-10-5-8(13)7(12)4-9(10)14/h4-6,15H,2-3,14H2,1H3. The molecular formula is C11H13BrFN5. The monoisotopic (exact) mass is 313 g/mol. The summed E-state index contributed by atoms with van der Waals surface area (Å²) in [6.45, 7) is 0.609. The number of halogens is 2. The van der Waals surface area contributed by atoms with Crippen molar-refractivity contribution in [1.82, 2.24) is 14.8 Å². The second-order valence-corrected chi connectivity index (χ2v) is 4.74. The van der Waals surface area contributed by atoms with E-state index in [0.29, 0.717) is 28.8 Å². The number of hydrogen-bond acceptors (Lipinski definition) is 4. The van der Waals surface area contributed by atoms with E-state index in [1.165, 1.54) is 6.07 Å². The lowest BCUT2D eigenvalue weighted by Gasteiger charge is -2.10. The van der Waals surface area contributed by atoms with Crippen molar-refractivity contribution in [3.8, 4) is 0 Å². The number of aromatic nitrogens is 3. The average Bonchev–Trinajstić information content (AvgIpc) is 2.72. The predicted octanol–water partition coefficient (Wildman–Crippen LogP) is 1.95. The first-order valence-corrected chi connectivity index (χ1v) is 6.18. The Labute approximate surface area is 112 Å². The zero-order valence-corrected chi connectivity index (χ0v) is 11.4. The molecule has 0 aliphatic heterocycles. The average molecular weight is 314 g/mol. The minimum absolute atomic E-state index is 0.342. The number of anilines is 2. The van der Waals surface area contributed by atoms with Crippen molar-refractivity contribution in [2.24, 2.45) is 7.05 Å². The van der Waals surface area contributed by atoms with Gasteiger partial charge in [0.1, 0.15) is 18.0 Å². The Bertz CT molecular complexity index is 554. The normalized spacial score (nSPS) is 10.6. The number of nitrogens with two attached hydrogens (primary N) is 1. The molecule has 0 fully saturated rings. The number of benzene rings is 1. The van der Waals surface area contributed by atoms with Gasteiger partial charge in [0, 0.05) is 26.1 Å². The summed E-state index contributed by atoms with van der Waals surface area (Å²) in [7, 11) is 1.88. The fourth-order valence-corrected chi connectivity index (χ4v) is 1.92. The van der Waals surface area contributed by atoms with E-state index in [0.717, 1.165) is 5.82 Å². The van der Waals surface area contributed by atoms with Crippen molar-refractivity contribution >= 4 is 27.3 Å². The topological polar surface area (TPSA) is 68.8 Å². The minimum Gasteiger partial charge on any atom is -0.397 e. The van der Waals surface area contributed by atoms with Crippen molar-refractivity contribution in [3.05, 3.63) is 34.6 Å². The first-order chi connectivity index (χ1) is 8.58. The molecule has 0 saturated carbocycles. The smallest absolute Gasteiger partial charge is 0.139 e.